The summed E-state index contributed by atoms with van der Waals surface area (Å²) in [5, 5.41) is 9.62. The summed E-state index contributed by atoms with van der Waals surface area (Å²) in [6.45, 7) is 5.56. The molecule has 0 N–H and O–H groups in total. The SMILES string of the molecule is C=CCn1c(SCCN(C)C)nnc1-c1ccc(Br)cc1. The van der Waals surface area contributed by atoms with Gasteiger partial charge < -0.3 is 4.90 Å². The van der Waals surface area contributed by atoms with Crippen LogP contribution in [0.4, 0.5) is 0 Å². The van der Waals surface area contributed by atoms with Gasteiger partial charge in [-0.1, -0.05) is 45.9 Å². The number of hydrogen-bond donors (Lipinski definition) is 0. The van der Waals surface area contributed by atoms with Crippen molar-refractivity contribution in [1.82, 2.24) is 19.7 Å². The minimum atomic E-state index is 0.711. The van der Waals surface area contributed by atoms with Crippen molar-refractivity contribution >= 4 is 27.7 Å². The third-order valence-corrected chi connectivity index (χ3v) is 4.38. The van der Waals surface area contributed by atoms with E-state index in [1.807, 2.05) is 30.3 Å². The number of aromatic nitrogens is 3. The quantitative estimate of drug-likeness (QED) is 0.554. The van der Waals surface area contributed by atoms with Crippen LogP contribution in [-0.2, 0) is 6.54 Å². The third kappa shape index (κ3) is 4.43. The number of nitrogens with zero attached hydrogens (tertiary/aromatic N) is 4. The highest BCUT2D eigenvalue weighted by Gasteiger charge is 2.13. The first-order chi connectivity index (χ1) is 10.1. The van der Waals surface area contributed by atoms with Gasteiger partial charge in [0, 0.05) is 28.9 Å². The molecule has 6 heteroatoms. The van der Waals surface area contributed by atoms with Gasteiger partial charge in [-0.25, -0.2) is 0 Å². The number of benzene rings is 1. The summed E-state index contributed by atoms with van der Waals surface area (Å²) in [5.74, 6) is 1.87. The summed E-state index contributed by atoms with van der Waals surface area (Å²) in [4.78, 5) is 2.16. The largest absolute Gasteiger partial charge is 0.309 e. The summed E-state index contributed by atoms with van der Waals surface area (Å²) in [5.41, 5.74) is 1.06. The summed E-state index contributed by atoms with van der Waals surface area (Å²) in [6.07, 6.45) is 1.88. The number of rotatable bonds is 7. The zero-order chi connectivity index (χ0) is 15.2. The minimum absolute atomic E-state index is 0.711. The van der Waals surface area contributed by atoms with Crippen LogP contribution < -0.4 is 0 Å². The van der Waals surface area contributed by atoms with Crippen LogP contribution in [0.5, 0.6) is 0 Å². The molecule has 112 valence electrons. The second-order valence-electron chi connectivity index (χ2n) is 4.86. The van der Waals surface area contributed by atoms with Crippen molar-refractivity contribution < 1.29 is 0 Å². The van der Waals surface area contributed by atoms with Crippen molar-refractivity contribution in [3.8, 4) is 11.4 Å². The van der Waals surface area contributed by atoms with E-state index in [1.165, 1.54) is 0 Å². The monoisotopic (exact) mass is 366 g/mol. The Kier molecular flexibility index (Phi) is 6.02. The van der Waals surface area contributed by atoms with E-state index in [0.29, 0.717) is 6.54 Å². The van der Waals surface area contributed by atoms with Crippen molar-refractivity contribution in [3.63, 3.8) is 0 Å². The first-order valence-corrected chi connectivity index (χ1v) is 8.47. The van der Waals surface area contributed by atoms with Gasteiger partial charge in [0.25, 0.3) is 0 Å². The molecule has 21 heavy (non-hydrogen) atoms. The van der Waals surface area contributed by atoms with E-state index in [0.717, 1.165) is 33.3 Å². The molecule has 0 aliphatic rings. The molecule has 2 aromatic rings. The maximum absolute atomic E-state index is 4.35. The van der Waals surface area contributed by atoms with Crippen molar-refractivity contribution in [1.29, 1.82) is 0 Å². The molecule has 0 fully saturated rings. The van der Waals surface area contributed by atoms with Crippen LogP contribution in [-0.4, -0.2) is 46.1 Å². The molecule has 0 unspecified atom stereocenters. The van der Waals surface area contributed by atoms with Gasteiger partial charge >= 0.3 is 0 Å². The first kappa shape index (κ1) is 16.3. The highest BCUT2D eigenvalue weighted by atomic mass is 79.9. The lowest BCUT2D eigenvalue weighted by Crippen LogP contribution is -2.15. The average Bonchev–Trinajstić information content (AvgIpc) is 2.83. The van der Waals surface area contributed by atoms with Crippen LogP contribution in [0.1, 0.15) is 0 Å². The molecule has 0 amide bonds. The van der Waals surface area contributed by atoms with Crippen molar-refractivity contribution in [3.05, 3.63) is 41.4 Å². The lowest BCUT2D eigenvalue weighted by atomic mass is 10.2. The smallest absolute Gasteiger partial charge is 0.191 e. The Labute approximate surface area is 138 Å². The van der Waals surface area contributed by atoms with E-state index in [-0.39, 0.29) is 0 Å². The van der Waals surface area contributed by atoms with Gasteiger partial charge in [0.2, 0.25) is 0 Å². The molecular formula is C15H19BrN4S. The van der Waals surface area contributed by atoms with E-state index >= 15 is 0 Å². The van der Waals surface area contributed by atoms with E-state index in [4.69, 9.17) is 0 Å². The molecule has 0 aliphatic heterocycles. The standard InChI is InChI=1S/C15H19BrN4S/c1-4-9-20-14(12-5-7-13(16)8-6-12)17-18-15(20)21-11-10-19(2)3/h4-8H,1,9-11H2,2-3H3. The Morgan fingerprint density at radius 3 is 2.62 bits per heavy atom. The zero-order valence-corrected chi connectivity index (χ0v) is 14.7. The van der Waals surface area contributed by atoms with Gasteiger partial charge in [-0.2, -0.15) is 0 Å². The molecule has 0 atom stereocenters. The Morgan fingerprint density at radius 2 is 2.00 bits per heavy atom. The molecule has 1 aromatic heterocycles. The van der Waals surface area contributed by atoms with E-state index < -0.39 is 0 Å². The topological polar surface area (TPSA) is 34.0 Å². The zero-order valence-electron chi connectivity index (χ0n) is 12.3. The summed E-state index contributed by atoms with van der Waals surface area (Å²) in [7, 11) is 4.14. The second kappa shape index (κ2) is 7.77. The predicted octanol–water partition coefficient (Wildman–Crippen LogP) is 3.55. The minimum Gasteiger partial charge on any atom is -0.309 e. The first-order valence-electron chi connectivity index (χ1n) is 6.69. The Balaban J connectivity index is 2.23. The van der Waals surface area contributed by atoms with Gasteiger partial charge in [-0.3, -0.25) is 4.57 Å². The van der Waals surface area contributed by atoms with Crippen molar-refractivity contribution in [2.45, 2.75) is 11.7 Å². The molecule has 1 aromatic carbocycles. The van der Waals surface area contributed by atoms with Crippen molar-refractivity contribution in [2.75, 3.05) is 26.4 Å². The molecule has 0 radical (unpaired) electrons. The fourth-order valence-corrected chi connectivity index (χ4v) is 3.14. The Bertz CT molecular complexity index is 592. The second-order valence-corrected chi connectivity index (χ2v) is 6.84. The molecular weight excluding hydrogens is 348 g/mol. The molecule has 0 saturated carbocycles. The maximum atomic E-state index is 4.35. The Morgan fingerprint density at radius 1 is 1.29 bits per heavy atom. The van der Waals surface area contributed by atoms with E-state index in [9.17, 15) is 0 Å². The highest BCUT2D eigenvalue weighted by molar-refractivity contribution is 9.10. The lowest BCUT2D eigenvalue weighted by Gasteiger charge is -2.10. The van der Waals surface area contributed by atoms with Crippen LogP contribution in [0.3, 0.4) is 0 Å². The normalized spacial score (nSPS) is 11.0. The summed E-state index contributed by atoms with van der Waals surface area (Å²) in [6, 6.07) is 8.12. The number of thioether (sulfide) groups is 1. The summed E-state index contributed by atoms with van der Waals surface area (Å²) >= 11 is 5.18. The van der Waals surface area contributed by atoms with Crippen molar-refractivity contribution in [2.24, 2.45) is 0 Å². The maximum Gasteiger partial charge on any atom is 0.191 e. The fraction of sp³-hybridized carbons (Fsp3) is 0.333. The van der Waals surface area contributed by atoms with Crippen LogP contribution in [0.25, 0.3) is 11.4 Å². The molecule has 0 bridgehead atoms. The fourth-order valence-electron chi connectivity index (χ4n) is 1.82. The molecule has 4 nitrogen and oxygen atoms in total. The van der Waals surface area contributed by atoms with Gasteiger partial charge in [-0.05, 0) is 26.2 Å². The number of hydrogen-bond acceptors (Lipinski definition) is 4. The Hall–Kier alpha value is -1.11. The molecule has 2 rings (SSSR count). The van der Waals surface area contributed by atoms with Gasteiger partial charge in [0.1, 0.15) is 0 Å². The average molecular weight is 367 g/mol. The molecule has 1 heterocycles. The van der Waals surface area contributed by atoms with E-state index in [2.05, 4.69) is 56.3 Å². The summed E-state index contributed by atoms with van der Waals surface area (Å²) < 4.78 is 3.16. The van der Waals surface area contributed by atoms with Gasteiger partial charge in [0.05, 0.1) is 0 Å². The predicted molar refractivity (Wildman–Crippen MR) is 92.6 cm³/mol. The van der Waals surface area contributed by atoms with Crippen LogP contribution in [0.15, 0.2) is 46.5 Å². The van der Waals surface area contributed by atoms with Crippen LogP contribution in [0.2, 0.25) is 0 Å². The van der Waals surface area contributed by atoms with Crippen LogP contribution >= 0.6 is 27.7 Å². The highest BCUT2D eigenvalue weighted by Crippen LogP contribution is 2.25. The van der Waals surface area contributed by atoms with E-state index in [1.54, 1.807) is 11.8 Å². The third-order valence-electron chi connectivity index (χ3n) is 2.90. The molecule has 0 saturated heterocycles. The number of allylic oxidation sites excluding steroid dienone is 1. The molecule has 0 aliphatic carbocycles. The lowest BCUT2D eigenvalue weighted by molar-refractivity contribution is 0.437. The van der Waals surface area contributed by atoms with Gasteiger partial charge in [0.15, 0.2) is 11.0 Å². The van der Waals surface area contributed by atoms with Crippen LogP contribution in [0, 0.1) is 0 Å². The van der Waals surface area contributed by atoms with Gasteiger partial charge in [-0.15, -0.1) is 16.8 Å². The molecule has 0 spiro atoms. The number of halogens is 1.